The van der Waals surface area contributed by atoms with Crippen LogP contribution in [0.15, 0.2) is 24.3 Å². The van der Waals surface area contributed by atoms with Gasteiger partial charge < -0.3 is 5.32 Å². The molecule has 12 heavy (non-hydrogen) atoms. The van der Waals surface area contributed by atoms with Gasteiger partial charge in [0.05, 0.1) is 5.69 Å². The molecule has 0 amide bonds. The SMILES string of the molecule is CC(C)Nc1ccc(NF)cc1. The Balaban J connectivity index is 2.65. The number of hydrogen-bond donors (Lipinski definition) is 2. The van der Waals surface area contributed by atoms with Crippen LogP contribution in [0, 0.1) is 0 Å². The highest BCUT2D eigenvalue weighted by molar-refractivity contribution is 5.52. The molecule has 0 heterocycles. The molecule has 66 valence electrons. The van der Waals surface area contributed by atoms with Crippen molar-refractivity contribution in [2.45, 2.75) is 19.9 Å². The topological polar surface area (TPSA) is 24.1 Å². The van der Waals surface area contributed by atoms with Gasteiger partial charge in [0.25, 0.3) is 0 Å². The number of benzene rings is 1. The minimum Gasteiger partial charge on any atom is -0.383 e. The van der Waals surface area contributed by atoms with Gasteiger partial charge in [0.15, 0.2) is 0 Å². The summed E-state index contributed by atoms with van der Waals surface area (Å²) < 4.78 is 11.8. The predicted molar refractivity (Wildman–Crippen MR) is 49.9 cm³/mol. The lowest BCUT2D eigenvalue weighted by atomic mass is 10.2. The molecule has 0 radical (unpaired) electrons. The van der Waals surface area contributed by atoms with E-state index in [2.05, 4.69) is 19.2 Å². The molecule has 0 bridgehead atoms. The molecule has 2 N–H and O–H groups in total. The molecule has 0 unspecified atom stereocenters. The van der Waals surface area contributed by atoms with Crippen LogP contribution in [0.5, 0.6) is 0 Å². The van der Waals surface area contributed by atoms with Crippen LogP contribution in [0.3, 0.4) is 0 Å². The third kappa shape index (κ3) is 2.42. The second kappa shape index (κ2) is 3.95. The van der Waals surface area contributed by atoms with Crippen molar-refractivity contribution in [2.24, 2.45) is 0 Å². The van der Waals surface area contributed by atoms with Crippen LogP contribution in [0.1, 0.15) is 13.8 Å². The minimum atomic E-state index is 0.397. The first-order valence-electron chi connectivity index (χ1n) is 3.95. The summed E-state index contributed by atoms with van der Waals surface area (Å²) in [5.74, 6) is 0. The summed E-state index contributed by atoms with van der Waals surface area (Å²) in [5, 5.41) is 3.21. The number of nitrogens with one attached hydrogen (secondary N) is 2. The van der Waals surface area contributed by atoms with E-state index >= 15 is 0 Å². The monoisotopic (exact) mass is 168 g/mol. The average Bonchev–Trinajstić information content (AvgIpc) is 2.05. The highest BCUT2D eigenvalue weighted by Crippen LogP contribution is 2.13. The van der Waals surface area contributed by atoms with E-state index in [1.54, 1.807) is 17.7 Å². The molecule has 0 atom stereocenters. The number of halogens is 1. The standard InChI is InChI=1S/C9H13FN2/c1-7(2)11-8-3-5-9(12-10)6-4-8/h3-7,11-12H,1-2H3. The number of rotatable bonds is 3. The first-order chi connectivity index (χ1) is 5.72. The molecule has 0 saturated carbocycles. The van der Waals surface area contributed by atoms with Gasteiger partial charge in [-0.1, -0.05) is 0 Å². The zero-order valence-electron chi connectivity index (χ0n) is 7.26. The van der Waals surface area contributed by atoms with E-state index in [1.807, 2.05) is 12.1 Å². The maximum atomic E-state index is 11.8. The van der Waals surface area contributed by atoms with Crippen LogP contribution in [-0.4, -0.2) is 6.04 Å². The molecule has 0 fully saturated rings. The van der Waals surface area contributed by atoms with Crippen LogP contribution >= 0.6 is 0 Å². The van der Waals surface area contributed by atoms with Crippen molar-refractivity contribution in [2.75, 3.05) is 10.9 Å². The van der Waals surface area contributed by atoms with Gasteiger partial charge in [-0.05, 0) is 38.1 Å². The van der Waals surface area contributed by atoms with Gasteiger partial charge >= 0.3 is 0 Å². The quantitative estimate of drug-likeness (QED) is 0.678. The van der Waals surface area contributed by atoms with Gasteiger partial charge in [0.2, 0.25) is 0 Å². The summed E-state index contributed by atoms with van der Waals surface area (Å²) in [7, 11) is 0. The fraction of sp³-hybridized carbons (Fsp3) is 0.333. The van der Waals surface area contributed by atoms with Crippen molar-refractivity contribution in [3.8, 4) is 0 Å². The molecule has 0 saturated heterocycles. The van der Waals surface area contributed by atoms with E-state index in [-0.39, 0.29) is 0 Å². The van der Waals surface area contributed by atoms with E-state index in [1.165, 1.54) is 0 Å². The Labute approximate surface area is 71.7 Å². The van der Waals surface area contributed by atoms with Crippen molar-refractivity contribution in [3.63, 3.8) is 0 Å². The fourth-order valence-corrected chi connectivity index (χ4v) is 0.963. The summed E-state index contributed by atoms with van der Waals surface area (Å²) in [6.07, 6.45) is 0. The summed E-state index contributed by atoms with van der Waals surface area (Å²) in [5.41, 5.74) is 3.06. The molecule has 1 rings (SSSR count). The summed E-state index contributed by atoms with van der Waals surface area (Å²) in [6, 6.07) is 7.44. The molecule has 0 aliphatic heterocycles. The molecule has 1 aromatic carbocycles. The second-order valence-electron chi connectivity index (χ2n) is 2.97. The van der Waals surface area contributed by atoms with E-state index in [0.29, 0.717) is 11.7 Å². The Bertz CT molecular complexity index is 231. The summed E-state index contributed by atoms with van der Waals surface area (Å²) in [4.78, 5) is 0. The Hall–Kier alpha value is -1.25. The van der Waals surface area contributed by atoms with E-state index in [4.69, 9.17) is 0 Å². The van der Waals surface area contributed by atoms with E-state index in [9.17, 15) is 4.48 Å². The van der Waals surface area contributed by atoms with E-state index < -0.39 is 0 Å². The first-order valence-corrected chi connectivity index (χ1v) is 3.95. The predicted octanol–water partition coefficient (Wildman–Crippen LogP) is 2.80. The Morgan fingerprint density at radius 3 is 2.00 bits per heavy atom. The zero-order chi connectivity index (χ0) is 8.97. The molecular formula is C9H13FN2. The largest absolute Gasteiger partial charge is 0.383 e. The van der Waals surface area contributed by atoms with Gasteiger partial charge in [0.1, 0.15) is 0 Å². The van der Waals surface area contributed by atoms with Crippen molar-refractivity contribution in [3.05, 3.63) is 24.3 Å². The van der Waals surface area contributed by atoms with Crippen LogP contribution < -0.4 is 10.9 Å². The Morgan fingerprint density at radius 2 is 1.58 bits per heavy atom. The molecule has 0 aromatic heterocycles. The summed E-state index contributed by atoms with van der Waals surface area (Å²) >= 11 is 0. The highest BCUT2D eigenvalue weighted by atomic mass is 19.2. The fourth-order valence-electron chi connectivity index (χ4n) is 0.963. The smallest absolute Gasteiger partial charge is 0.0657 e. The highest BCUT2D eigenvalue weighted by Gasteiger charge is 1.94. The maximum absolute atomic E-state index is 11.8. The normalized spacial score (nSPS) is 10.0. The first kappa shape index (κ1) is 8.84. The molecule has 0 aliphatic rings. The van der Waals surface area contributed by atoms with Crippen LogP contribution in [0.4, 0.5) is 15.9 Å². The van der Waals surface area contributed by atoms with Gasteiger partial charge in [0, 0.05) is 11.7 Å². The van der Waals surface area contributed by atoms with Crippen molar-refractivity contribution in [1.29, 1.82) is 0 Å². The molecule has 0 spiro atoms. The van der Waals surface area contributed by atoms with Gasteiger partial charge in [-0.2, -0.15) is 0 Å². The van der Waals surface area contributed by atoms with Crippen molar-refractivity contribution < 1.29 is 4.48 Å². The van der Waals surface area contributed by atoms with Crippen LogP contribution in [-0.2, 0) is 0 Å². The Kier molecular flexibility index (Phi) is 2.91. The van der Waals surface area contributed by atoms with Gasteiger partial charge in [-0.3, -0.25) is 0 Å². The van der Waals surface area contributed by atoms with Gasteiger partial charge in [-0.25, -0.2) is 5.54 Å². The third-order valence-electron chi connectivity index (χ3n) is 1.45. The maximum Gasteiger partial charge on any atom is 0.0657 e. The van der Waals surface area contributed by atoms with E-state index in [0.717, 1.165) is 5.69 Å². The average molecular weight is 168 g/mol. The number of hydrogen-bond acceptors (Lipinski definition) is 2. The van der Waals surface area contributed by atoms with Crippen LogP contribution in [0.25, 0.3) is 0 Å². The van der Waals surface area contributed by atoms with Crippen molar-refractivity contribution in [1.82, 2.24) is 0 Å². The minimum absolute atomic E-state index is 0.397. The molecule has 1 aromatic rings. The molecular weight excluding hydrogens is 155 g/mol. The second-order valence-corrected chi connectivity index (χ2v) is 2.97. The summed E-state index contributed by atoms with van der Waals surface area (Å²) in [6.45, 7) is 4.11. The third-order valence-corrected chi connectivity index (χ3v) is 1.45. The van der Waals surface area contributed by atoms with Crippen LogP contribution in [0.2, 0.25) is 0 Å². The van der Waals surface area contributed by atoms with Gasteiger partial charge in [-0.15, -0.1) is 4.48 Å². The zero-order valence-corrected chi connectivity index (χ0v) is 7.26. The molecule has 0 aliphatic carbocycles. The molecule has 2 nitrogen and oxygen atoms in total. The lowest BCUT2D eigenvalue weighted by Gasteiger charge is -2.09. The van der Waals surface area contributed by atoms with Crippen molar-refractivity contribution >= 4 is 11.4 Å². The molecule has 3 heteroatoms. The lowest BCUT2D eigenvalue weighted by molar-refractivity contribution is 0.618. The Morgan fingerprint density at radius 1 is 1.08 bits per heavy atom. The number of anilines is 2. The lowest BCUT2D eigenvalue weighted by Crippen LogP contribution is -2.09.